The second kappa shape index (κ2) is 8.47. The molecule has 0 aliphatic carbocycles. The molecule has 2 fully saturated rings. The smallest absolute Gasteiger partial charge is 0.182 e. The molecule has 2 aliphatic rings. The Morgan fingerprint density at radius 2 is 1.94 bits per heavy atom. The average Bonchev–Trinajstić information content (AvgIpc) is 3.31. The molecule has 1 atom stereocenters. The van der Waals surface area contributed by atoms with Crippen LogP contribution in [0.25, 0.3) is 22.3 Å². The summed E-state index contributed by atoms with van der Waals surface area (Å²) >= 11 is 0. The summed E-state index contributed by atoms with van der Waals surface area (Å²) in [6.45, 7) is 3.77. The molecular weight excluding hydrogens is 463 g/mol. The highest BCUT2D eigenvalue weighted by molar-refractivity contribution is 7.91. The maximum absolute atomic E-state index is 14.4. The number of H-pyrrole nitrogens is 1. The van der Waals surface area contributed by atoms with Crippen LogP contribution in [0.3, 0.4) is 0 Å². The number of fused-ring (bicyclic) bond motifs is 1. The van der Waals surface area contributed by atoms with Crippen molar-refractivity contribution in [1.29, 1.82) is 0 Å². The monoisotopic (exact) mass is 490 g/mol. The largest absolute Gasteiger partial charge is 0.503 e. The molecule has 0 bridgehead atoms. The highest BCUT2D eigenvalue weighted by atomic mass is 32.2. The summed E-state index contributed by atoms with van der Waals surface area (Å²) in [7, 11) is -3.70. The molecule has 1 aromatic carbocycles. The van der Waals surface area contributed by atoms with E-state index in [2.05, 4.69) is 9.97 Å². The van der Waals surface area contributed by atoms with Crippen LogP contribution in [0, 0.1) is 5.82 Å². The van der Waals surface area contributed by atoms with Gasteiger partial charge in [0.1, 0.15) is 16.3 Å². The Bertz CT molecular complexity index is 1340. The van der Waals surface area contributed by atoms with Gasteiger partial charge in [0.2, 0.25) is 0 Å². The van der Waals surface area contributed by atoms with Crippen molar-refractivity contribution in [2.75, 3.05) is 44.1 Å². The Morgan fingerprint density at radius 3 is 2.65 bits per heavy atom. The molecule has 0 spiro atoms. The van der Waals surface area contributed by atoms with Crippen LogP contribution in [0.4, 0.5) is 10.2 Å². The molecule has 2 aromatic heterocycles. The Hall–Kier alpha value is -2.76. The van der Waals surface area contributed by atoms with Crippen LogP contribution < -0.4 is 4.90 Å². The molecule has 0 amide bonds. The van der Waals surface area contributed by atoms with Gasteiger partial charge in [-0.05, 0) is 38.0 Å². The first-order valence-electron chi connectivity index (χ1n) is 11.2. The van der Waals surface area contributed by atoms with E-state index < -0.39 is 20.4 Å². The maximum Gasteiger partial charge on any atom is 0.182 e. The standard InChI is InChI=1S/C23H27FN4O5S/c1-14-13-33-12-9-28(14)22-19(29)20(23(34(2,30)31)6-10-32-11-7-23)26-21(27-22)16-3-4-17(24)18-15(16)5-8-25-18/h3-5,8,14,25,29H,6-7,9-13H2,1-2H3/t14-/m1/s1. The van der Waals surface area contributed by atoms with Crippen molar-refractivity contribution in [2.45, 2.75) is 30.6 Å². The number of morpholine rings is 1. The van der Waals surface area contributed by atoms with E-state index in [1.807, 2.05) is 11.8 Å². The number of sulfone groups is 1. The number of benzene rings is 1. The third kappa shape index (κ3) is 3.62. The average molecular weight is 491 g/mol. The summed E-state index contributed by atoms with van der Waals surface area (Å²) in [5, 5.41) is 12.0. The van der Waals surface area contributed by atoms with Crippen molar-refractivity contribution in [2.24, 2.45) is 0 Å². The van der Waals surface area contributed by atoms with E-state index in [1.54, 1.807) is 18.3 Å². The van der Waals surface area contributed by atoms with Gasteiger partial charge in [0.05, 0.1) is 24.8 Å². The van der Waals surface area contributed by atoms with Crippen LogP contribution >= 0.6 is 0 Å². The predicted octanol–water partition coefficient (Wildman–Crippen LogP) is 2.75. The zero-order chi connectivity index (χ0) is 24.1. The second-order valence-corrected chi connectivity index (χ2v) is 11.3. The lowest BCUT2D eigenvalue weighted by atomic mass is 9.93. The molecule has 0 unspecified atom stereocenters. The number of halogens is 1. The lowest BCUT2D eigenvalue weighted by Crippen LogP contribution is -2.45. The summed E-state index contributed by atoms with van der Waals surface area (Å²) in [5.74, 6) is -0.196. The lowest BCUT2D eigenvalue weighted by molar-refractivity contribution is 0.0724. The summed E-state index contributed by atoms with van der Waals surface area (Å²) in [6, 6.07) is 4.52. The molecule has 2 saturated heterocycles. The fraction of sp³-hybridized carbons (Fsp3) is 0.478. The van der Waals surface area contributed by atoms with Gasteiger partial charge in [0.25, 0.3) is 0 Å². The van der Waals surface area contributed by atoms with Crippen LogP contribution in [0.5, 0.6) is 5.75 Å². The van der Waals surface area contributed by atoms with Crippen molar-refractivity contribution in [1.82, 2.24) is 15.0 Å². The molecule has 2 aliphatic heterocycles. The van der Waals surface area contributed by atoms with E-state index >= 15 is 0 Å². The van der Waals surface area contributed by atoms with Crippen LogP contribution in [0.2, 0.25) is 0 Å². The number of rotatable bonds is 4. The Kier molecular flexibility index (Phi) is 5.73. The molecular formula is C23H27FN4O5S. The van der Waals surface area contributed by atoms with Crippen molar-refractivity contribution in [3.63, 3.8) is 0 Å². The lowest BCUT2D eigenvalue weighted by Gasteiger charge is -2.38. The summed E-state index contributed by atoms with van der Waals surface area (Å²) < 4.78 is 50.3. The number of nitrogens with one attached hydrogen (secondary N) is 1. The van der Waals surface area contributed by atoms with Gasteiger partial charge in [-0.15, -0.1) is 0 Å². The Labute approximate surface area is 196 Å². The number of nitrogens with zero attached hydrogens (tertiary/aromatic N) is 3. The van der Waals surface area contributed by atoms with Crippen molar-refractivity contribution >= 4 is 26.6 Å². The van der Waals surface area contributed by atoms with Crippen LogP contribution in [0.1, 0.15) is 25.5 Å². The van der Waals surface area contributed by atoms with Gasteiger partial charge < -0.3 is 24.5 Å². The summed E-state index contributed by atoms with van der Waals surface area (Å²) in [6.07, 6.45) is 3.12. The van der Waals surface area contributed by atoms with E-state index in [9.17, 15) is 17.9 Å². The topological polar surface area (TPSA) is 118 Å². The molecule has 34 heavy (non-hydrogen) atoms. The fourth-order valence-corrected chi connectivity index (χ4v) is 6.33. The molecule has 5 rings (SSSR count). The predicted molar refractivity (Wildman–Crippen MR) is 125 cm³/mol. The van der Waals surface area contributed by atoms with Crippen molar-refractivity contribution in [3.05, 3.63) is 35.9 Å². The summed E-state index contributed by atoms with van der Waals surface area (Å²) in [5.41, 5.74) is 0.905. The molecule has 9 nitrogen and oxygen atoms in total. The number of aromatic amines is 1. The molecule has 3 aromatic rings. The van der Waals surface area contributed by atoms with Gasteiger partial charge >= 0.3 is 0 Å². The highest BCUT2D eigenvalue weighted by Crippen LogP contribution is 2.46. The summed E-state index contributed by atoms with van der Waals surface area (Å²) in [4.78, 5) is 14.1. The van der Waals surface area contributed by atoms with Gasteiger partial charge in [-0.3, -0.25) is 0 Å². The molecule has 11 heteroatoms. The SMILES string of the molecule is C[C@@H]1COCCN1c1nc(-c2ccc(F)c3[nH]ccc23)nc(C2(S(C)(=O)=O)CCOCC2)c1O. The third-order valence-corrected chi connectivity index (χ3v) is 8.88. The minimum absolute atomic E-state index is 0.0602. The van der Waals surface area contributed by atoms with Gasteiger partial charge in [0, 0.05) is 43.2 Å². The normalized spacial score (nSPS) is 21.1. The first-order valence-corrected chi connectivity index (χ1v) is 13.1. The Morgan fingerprint density at radius 1 is 1.18 bits per heavy atom. The van der Waals surface area contributed by atoms with Crippen molar-refractivity contribution < 1.29 is 27.4 Å². The van der Waals surface area contributed by atoms with Crippen LogP contribution in [0.15, 0.2) is 24.4 Å². The van der Waals surface area contributed by atoms with Gasteiger partial charge in [-0.1, -0.05) is 0 Å². The number of ether oxygens (including phenoxy) is 2. The van der Waals surface area contributed by atoms with Gasteiger partial charge in [-0.25, -0.2) is 22.8 Å². The van der Waals surface area contributed by atoms with E-state index in [0.717, 1.165) is 0 Å². The first kappa shape index (κ1) is 23.0. The van der Waals surface area contributed by atoms with E-state index in [4.69, 9.17) is 14.5 Å². The van der Waals surface area contributed by atoms with E-state index in [0.29, 0.717) is 36.2 Å². The number of hydrogen-bond donors (Lipinski definition) is 2. The number of anilines is 1. The minimum Gasteiger partial charge on any atom is -0.503 e. The number of aromatic hydroxyl groups is 1. The maximum atomic E-state index is 14.4. The minimum atomic E-state index is -3.70. The fourth-order valence-electron chi connectivity index (χ4n) is 4.92. The molecule has 4 heterocycles. The van der Waals surface area contributed by atoms with Crippen LogP contribution in [-0.2, 0) is 24.1 Å². The van der Waals surface area contributed by atoms with E-state index in [1.165, 1.54) is 12.3 Å². The zero-order valence-electron chi connectivity index (χ0n) is 19.0. The highest BCUT2D eigenvalue weighted by Gasteiger charge is 2.48. The van der Waals surface area contributed by atoms with Gasteiger partial charge in [-0.2, -0.15) is 0 Å². The Balaban J connectivity index is 1.80. The molecule has 0 radical (unpaired) electrons. The number of aromatic nitrogens is 3. The quantitative estimate of drug-likeness (QED) is 0.573. The molecule has 2 N–H and O–H groups in total. The number of hydrogen-bond acceptors (Lipinski definition) is 8. The first-order chi connectivity index (χ1) is 16.2. The zero-order valence-corrected chi connectivity index (χ0v) is 19.9. The van der Waals surface area contributed by atoms with Gasteiger partial charge in [0.15, 0.2) is 27.2 Å². The molecule has 0 saturated carbocycles. The second-order valence-electron chi connectivity index (χ2n) is 8.93. The van der Waals surface area contributed by atoms with Crippen molar-refractivity contribution in [3.8, 4) is 17.1 Å². The van der Waals surface area contributed by atoms with Crippen LogP contribution in [-0.4, -0.2) is 73.7 Å². The third-order valence-electron chi connectivity index (χ3n) is 6.86. The van der Waals surface area contributed by atoms with E-state index in [-0.39, 0.29) is 55.2 Å². The molecule has 182 valence electrons.